The second-order valence-electron chi connectivity index (χ2n) is 5.15. The first kappa shape index (κ1) is 17.4. The number of ether oxygens (including phenoxy) is 1. The summed E-state index contributed by atoms with van der Waals surface area (Å²) in [6.07, 6.45) is 7.75. The van der Waals surface area contributed by atoms with Gasteiger partial charge in [0.1, 0.15) is 5.54 Å². The van der Waals surface area contributed by atoms with Crippen LogP contribution in [0.4, 0.5) is 0 Å². The van der Waals surface area contributed by atoms with Crippen LogP contribution in [0.1, 0.15) is 65.7 Å². The summed E-state index contributed by atoms with van der Waals surface area (Å²) in [6.45, 7) is 8.94. The molecule has 0 bridgehead atoms. The molecule has 0 fully saturated rings. The molecule has 1 atom stereocenters. The van der Waals surface area contributed by atoms with Gasteiger partial charge in [-0.15, -0.1) is 0 Å². The third-order valence-electron chi connectivity index (χ3n) is 3.12. The van der Waals surface area contributed by atoms with Crippen molar-refractivity contribution in [3.63, 3.8) is 0 Å². The van der Waals surface area contributed by atoms with Gasteiger partial charge in [0.2, 0.25) is 0 Å². The minimum Gasteiger partial charge on any atom is -0.381 e. The maximum Gasteiger partial charge on any atom is 0.103 e. The quantitative estimate of drug-likeness (QED) is 0.541. The van der Waals surface area contributed by atoms with E-state index in [2.05, 4.69) is 25.2 Å². The average molecular weight is 254 g/mol. The third kappa shape index (κ3) is 9.44. The minimum absolute atomic E-state index is 0.363. The van der Waals surface area contributed by atoms with Crippen LogP contribution in [-0.2, 0) is 4.74 Å². The molecule has 0 heterocycles. The van der Waals surface area contributed by atoms with E-state index in [-0.39, 0.29) is 5.54 Å². The third-order valence-corrected chi connectivity index (χ3v) is 3.12. The van der Waals surface area contributed by atoms with E-state index >= 15 is 0 Å². The standard InChI is InChI=1S/C15H30N2O/c1-4-6-8-12-18-13-9-7-10-15(3,14-16)17-11-5-2/h17H,4-13H2,1-3H3. The Morgan fingerprint density at radius 1 is 1.06 bits per heavy atom. The summed E-state index contributed by atoms with van der Waals surface area (Å²) < 4.78 is 5.56. The van der Waals surface area contributed by atoms with Gasteiger partial charge in [0.15, 0.2) is 0 Å². The smallest absolute Gasteiger partial charge is 0.103 e. The van der Waals surface area contributed by atoms with E-state index in [9.17, 15) is 0 Å². The molecule has 3 heteroatoms. The highest BCUT2D eigenvalue weighted by molar-refractivity contribution is 5.03. The molecule has 3 nitrogen and oxygen atoms in total. The fourth-order valence-electron chi connectivity index (χ4n) is 1.82. The Morgan fingerprint density at radius 2 is 1.72 bits per heavy atom. The molecule has 0 aliphatic carbocycles. The summed E-state index contributed by atoms with van der Waals surface area (Å²) in [5.41, 5.74) is -0.363. The molecule has 0 aromatic rings. The van der Waals surface area contributed by atoms with E-state index in [1.807, 2.05) is 6.92 Å². The molecule has 0 saturated heterocycles. The molecule has 0 spiro atoms. The molecule has 1 N–H and O–H groups in total. The predicted octanol–water partition coefficient (Wildman–Crippen LogP) is 3.65. The molecule has 0 aromatic heterocycles. The van der Waals surface area contributed by atoms with Crippen molar-refractivity contribution in [1.82, 2.24) is 5.32 Å². The van der Waals surface area contributed by atoms with Crippen LogP contribution in [0.2, 0.25) is 0 Å². The van der Waals surface area contributed by atoms with Gasteiger partial charge < -0.3 is 4.74 Å². The SMILES string of the molecule is CCCCCOCCCCC(C)(C#N)NCCC. The molecule has 0 aliphatic rings. The molecule has 1 unspecified atom stereocenters. The van der Waals surface area contributed by atoms with Crippen molar-refractivity contribution in [2.24, 2.45) is 0 Å². The molecule has 0 amide bonds. The number of nitrogens with one attached hydrogen (secondary N) is 1. The van der Waals surface area contributed by atoms with Crippen molar-refractivity contribution in [3.05, 3.63) is 0 Å². The normalized spacial score (nSPS) is 14.1. The largest absolute Gasteiger partial charge is 0.381 e. The zero-order valence-electron chi connectivity index (χ0n) is 12.4. The van der Waals surface area contributed by atoms with Crippen LogP contribution in [-0.4, -0.2) is 25.3 Å². The highest BCUT2D eigenvalue weighted by Gasteiger charge is 2.21. The molecule has 0 aromatic carbocycles. The molecule has 0 rings (SSSR count). The Balaban J connectivity index is 3.48. The summed E-state index contributed by atoms with van der Waals surface area (Å²) >= 11 is 0. The Kier molecular flexibility index (Phi) is 11.1. The molecule has 106 valence electrons. The lowest BCUT2D eigenvalue weighted by Crippen LogP contribution is -2.41. The van der Waals surface area contributed by atoms with Crippen molar-refractivity contribution in [1.29, 1.82) is 5.26 Å². The van der Waals surface area contributed by atoms with E-state index in [1.165, 1.54) is 19.3 Å². The first-order chi connectivity index (χ1) is 8.68. The van der Waals surface area contributed by atoms with Gasteiger partial charge in [-0.3, -0.25) is 5.32 Å². The lowest BCUT2D eigenvalue weighted by atomic mass is 9.96. The van der Waals surface area contributed by atoms with Crippen LogP contribution in [0.15, 0.2) is 0 Å². The number of hydrogen-bond acceptors (Lipinski definition) is 3. The summed E-state index contributed by atoms with van der Waals surface area (Å²) in [5, 5.41) is 12.5. The molecule has 0 aliphatic heterocycles. The summed E-state index contributed by atoms with van der Waals surface area (Å²) in [7, 11) is 0. The minimum atomic E-state index is -0.363. The van der Waals surface area contributed by atoms with Crippen molar-refractivity contribution in [3.8, 4) is 6.07 Å². The Bertz CT molecular complexity index is 225. The summed E-state index contributed by atoms with van der Waals surface area (Å²) in [5.74, 6) is 0. The second kappa shape index (κ2) is 11.5. The molecule has 0 saturated carbocycles. The maximum absolute atomic E-state index is 9.17. The van der Waals surface area contributed by atoms with Gasteiger partial charge >= 0.3 is 0 Å². The van der Waals surface area contributed by atoms with Crippen LogP contribution in [0.3, 0.4) is 0 Å². The molecule has 18 heavy (non-hydrogen) atoms. The van der Waals surface area contributed by atoms with Crippen LogP contribution in [0, 0.1) is 11.3 Å². The topological polar surface area (TPSA) is 45.0 Å². The summed E-state index contributed by atoms with van der Waals surface area (Å²) in [6, 6.07) is 2.38. The molecular weight excluding hydrogens is 224 g/mol. The zero-order valence-corrected chi connectivity index (χ0v) is 12.4. The highest BCUT2D eigenvalue weighted by atomic mass is 16.5. The van der Waals surface area contributed by atoms with Crippen LogP contribution in [0.5, 0.6) is 0 Å². The maximum atomic E-state index is 9.17. The zero-order chi connectivity index (χ0) is 13.7. The van der Waals surface area contributed by atoms with Gasteiger partial charge in [-0.2, -0.15) is 5.26 Å². The number of hydrogen-bond donors (Lipinski definition) is 1. The lowest BCUT2D eigenvalue weighted by Gasteiger charge is -2.22. The van der Waals surface area contributed by atoms with Gasteiger partial charge in [-0.05, 0) is 45.6 Å². The Hall–Kier alpha value is -0.590. The van der Waals surface area contributed by atoms with E-state index in [0.717, 1.165) is 45.4 Å². The first-order valence-corrected chi connectivity index (χ1v) is 7.42. The van der Waals surface area contributed by atoms with E-state index in [0.29, 0.717) is 0 Å². The lowest BCUT2D eigenvalue weighted by molar-refractivity contribution is 0.125. The van der Waals surface area contributed by atoms with Crippen molar-refractivity contribution >= 4 is 0 Å². The van der Waals surface area contributed by atoms with Gasteiger partial charge in [0, 0.05) is 13.2 Å². The van der Waals surface area contributed by atoms with Crippen molar-refractivity contribution in [2.75, 3.05) is 19.8 Å². The molecule has 0 radical (unpaired) electrons. The fourth-order valence-corrected chi connectivity index (χ4v) is 1.82. The van der Waals surface area contributed by atoms with Gasteiger partial charge in [0.05, 0.1) is 6.07 Å². The number of rotatable bonds is 12. The predicted molar refractivity (Wildman–Crippen MR) is 76.5 cm³/mol. The number of unbranched alkanes of at least 4 members (excludes halogenated alkanes) is 3. The fraction of sp³-hybridized carbons (Fsp3) is 0.933. The Morgan fingerprint density at radius 3 is 2.28 bits per heavy atom. The first-order valence-electron chi connectivity index (χ1n) is 7.42. The highest BCUT2D eigenvalue weighted by Crippen LogP contribution is 2.13. The Labute approximate surface area is 113 Å². The van der Waals surface area contributed by atoms with Crippen molar-refractivity contribution in [2.45, 2.75) is 71.3 Å². The second-order valence-corrected chi connectivity index (χ2v) is 5.15. The van der Waals surface area contributed by atoms with E-state index in [4.69, 9.17) is 10.00 Å². The van der Waals surface area contributed by atoms with E-state index < -0.39 is 0 Å². The molecular formula is C15H30N2O. The summed E-state index contributed by atoms with van der Waals surface area (Å²) in [4.78, 5) is 0. The van der Waals surface area contributed by atoms with Crippen LogP contribution in [0.25, 0.3) is 0 Å². The van der Waals surface area contributed by atoms with Crippen LogP contribution < -0.4 is 5.32 Å². The van der Waals surface area contributed by atoms with Gasteiger partial charge in [0.25, 0.3) is 0 Å². The van der Waals surface area contributed by atoms with Crippen molar-refractivity contribution < 1.29 is 4.74 Å². The monoisotopic (exact) mass is 254 g/mol. The number of nitriles is 1. The number of nitrogens with zero attached hydrogens (tertiary/aromatic N) is 1. The van der Waals surface area contributed by atoms with Crippen LogP contribution >= 0.6 is 0 Å². The van der Waals surface area contributed by atoms with Gasteiger partial charge in [-0.25, -0.2) is 0 Å². The average Bonchev–Trinajstić information content (AvgIpc) is 2.39. The van der Waals surface area contributed by atoms with E-state index in [1.54, 1.807) is 0 Å². The van der Waals surface area contributed by atoms with Gasteiger partial charge in [-0.1, -0.05) is 26.7 Å².